The van der Waals surface area contributed by atoms with Crippen LogP contribution >= 0.6 is 0 Å². The van der Waals surface area contributed by atoms with Crippen molar-refractivity contribution in [2.75, 3.05) is 6.61 Å². The van der Waals surface area contributed by atoms with Crippen LogP contribution in [-0.2, 0) is 9.47 Å². The van der Waals surface area contributed by atoms with Gasteiger partial charge in [0.1, 0.15) is 17.5 Å². The first kappa shape index (κ1) is 23.2. The van der Waals surface area contributed by atoms with Crippen LogP contribution in [0.4, 0.5) is 9.18 Å². The van der Waals surface area contributed by atoms with Crippen molar-refractivity contribution in [3.63, 3.8) is 0 Å². The number of nitrogens with zero attached hydrogens (tertiary/aromatic N) is 1. The van der Waals surface area contributed by atoms with E-state index in [4.69, 9.17) is 9.47 Å². The van der Waals surface area contributed by atoms with Gasteiger partial charge in [0.2, 0.25) is 0 Å². The minimum absolute atomic E-state index is 0.264. The molecule has 0 spiro atoms. The van der Waals surface area contributed by atoms with Crippen LogP contribution in [0.5, 0.6) is 0 Å². The van der Waals surface area contributed by atoms with E-state index in [2.05, 4.69) is 6.92 Å². The molecular weight excluding hydrogens is 333 g/mol. The molecule has 154 valence electrons. The number of amides is 1. The molecule has 1 aliphatic rings. The zero-order valence-corrected chi connectivity index (χ0v) is 17.8. The number of carbonyl (C=O) groups is 1. The number of ether oxygens (including phenoxy) is 2. The third kappa shape index (κ3) is 8.24. The summed E-state index contributed by atoms with van der Waals surface area (Å²) in [4.78, 5) is 14.1. The van der Waals surface area contributed by atoms with E-state index in [1.807, 2.05) is 34.6 Å². The van der Waals surface area contributed by atoms with E-state index in [0.29, 0.717) is 19.4 Å². The number of halogens is 1. The average Bonchev–Trinajstić information content (AvgIpc) is 2.79. The molecule has 0 unspecified atom stereocenters. The normalized spacial score (nSPS) is 21.0. The van der Waals surface area contributed by atoms with Gasteiger partial charge in [-0.3, -0.25) is 4.90 Å². The molecule has 0 N–H and O–H groups in total. The van der Waals surface area contributed by atoms with Gasteiger partial charge in [-0.1, -0.05) is 51.9 Å². The maximum absolute atomic E-state index is 14.5. The summed E-state index contributed by atoms with van der Waals surface area (Å²) in [7, 11) is 0. The first-order valence-electron chi connectivity index (χ1n) is 10.4. The Labute approximate surface area is 159 Å². The van der Waals surface area contributed by atoms with Crippen molar-refractivity contribution < 1.29 is 18.7 Å². The van der Waals surface area contributed by atoms with Gasteiger partial charge in [-0.25, -0.2) is 9.18 Å². The van der Waals surface area contributed by atoms with Crippen molar-refractivity contribution >= 4 is 6.09 Å². The van der Waals surface area contributed by atoms with Crippen LogP contribution < -0.4 is 0 Å². The van der Waals surface area contributed by atoms with E-state index < -0.39 is 23.6 Å². The van der Waals surface area contributed by atoms with Gasteiger partial charge in [-0.2, -0.15) is 0 Å². The molecule has 0 aliphatic carbocycles. The standard InChI is InChI=1S/C21H40FNO3/c1-7-8-9-10-11-12-13-14-17(22)15-18-16-25-21(5,6)23(18)19(24)26-20(2,3)4/h17-18H,7-16H2,1-6H3/t17-,18-/m0/s1. The number of carbonyl (C=O) groups excluding carboxylic acids is 1. The highest BCUT2D eigenvalue weighted by Gasteiger charge is 2.46. The molecule has 2 atom stereocenters. The third-order valence-electron chi connectivity index (χ3n) is 4.81. The number of alkyl halides is 1. The summed E-state index contributed by atoms with van der Waals surface area (Å²) < 4.78 is 25.7. The number of unbranched alkanes of at least 4 members (excludes halogenated alkanes) is 6. The molecule has 26 heavy (non-hydrogen) atoms. The highest BCUT2D eigenvalue weighted by atomic mass is 19.1. The lowest BCUT2D eigenvalue weighted by Gasteiger charge is -2.35. The molecular formula is C21H40FNO3. The number of hydrogen-bond acceptors (Lipinski definition) is 3. The molecule has 0 aromatic carbocycles. The zero-order chi connectivity index (χ0) is 19.8. The third-order valence-corrected chi connectivity index (χ3v) is 4.81. The molecule has 1 rings (SSSR count). The highest BCUT2D eigenvalue weighted by Crippen LogP contribution is 2.32. The molecule has 0 aromatic rings. The molecule has 1 amide bonds. The number of hydrogen-bond donors (Lipinski definition) is 0. The molecule has 0 saturated carbocycles. The molecule has 0 radical (unpaired) electrons. The van der Waals surface area contributed by atoms with Crippen LogP contribution in [0.15, 0.2) is 0 Å². The summed E-state index contributed by atoms with van der Waals surface area (Å²) in [5.41, 5.74) is -1.33. The van der Waals surface area contributed by atoms with E-state index in [0.717, 1.165) is 12.8 Å². The van der Waals surface area contributed by atoms with E-state index in [-0.39, 0.29) is 6.04 Å². The maximum Gasteiger partial charge on any atom is 0.412 e. The smallest absolute Gasteiger partial charge is 0.412 e. The minimum atomic E-state index is -0.905. The summed E-state index contributed by atoms with van der Waals surface area (Å²) in [6, 6.07) is -0.264. The van der Waals surface area contributed by atoms with Gasteiger partial charge in [0, 0.05) is 6.42 Å². The quantitative estimate of drug-likeness (QED) is 0.426. The second-order valence-corrected chi connectivity index (χ2v) is 9.00. The average molecular weight is 374 g/mol. The van der Waals surface area contributed by atoms with E-state index in [1.54, 1.807) is 4.90 Å². The van der Waals surface area contributed by atoms with Crippen molar-refractivity contribution in [3.8, 4) is 0 Å². The molecule has 1 aliphatic heterocycles. The predicted octanol–water partition coefficient (Wildman–Crippen LogP) is 6.23. The van der Waals surface area contributed by atoms with Crippen LogP contribution in [-0.4, -0.2) is 41.1 Å². The van der Waals surface area contributed by atoms with Crippen LogP contribution in [0.1, 0.15) is 99.3 Å². The first-order valence-corrected chi connectivity index (χ1v) is 10.4. The Hall–Kier alpha value is -0.840. The van der Waals surface area contributed by atoms with Gasteiger partial charge in [0.25, 0.3) is 0 Å². The lowest BCUT2D eigenvalue weighted by atomic mass is 10.0. The van der Waals surface area contributed by atoms with Crippen molar-refractivity contribution in [1.82, 2.24) is 4.90 Å². The molecule has 0 bridgehead atoms. The molecule has 0 aromatic heterocycles. The maximum atomic E-state index is 14.5. The van der Waals surface area contributed by atoms with Crippen molar-refractivity contribution in [1.29, 1.82) is 0 Å². The van der Waals surface area contributed by atoms with E-state index in [9.17, 15) is 9.18 Å². The summed E-state index contributed by atoms with van der Waals surface area (Å²) in [5.74, 6) is 0. The van der Waals surface area contributed by atoms with Crippen molar-refractivity contribution in [2.45, 2.75) is 123 Å². The molecule has 4 nitrogen and oxygen atoms in total. The lowest BCUT2D eigenvalue weighted by molar-refractivity contribution is -0.0632. The van der Waals surface area contributed by atoms with Crippen LogP contribution in [0.3, 0.4) is 0 Å². The van der Waals surface area contributed by atoms with Gasteiger partial charge in [0.05, 0.1) is 12.6 Å². The summed E-state index contributed by atoms with van der Waals surface area (Å²) in [6.07, 6.45) is 7.83. The minimum Gasteiger partial charge on any atom is -0.444 e. The Kier molecular flexibility index (Phi) is 9.35. The Morgan fingerprint density at radius 2 is 1.77 bits per heavy atom. The summed E-state index contributed by atoms with van der Waals surface area (Å²) in [6.45, 7) is 11.7. The lowest BCUT2D eigenvalue weighted by Crippen LogP contribution is -2.50. The topological polar surface area (TPSA) is 38.8 Å². The van der Waals surface area contributed by atoms with Gasteiger partial charge in [-0.05, 0) is 41.0 Å². The Balaban J connectivity index is 2.42. The van der Waals surface area contributed by atoms with Gasteiger partial charge in [-0.15, -0.1) is 0 Å². The SMILES string of the molecule is CCCCCCCCC[C@H](F)C[C@H]1COC(C)(C)N1C(=O)OC(C)(C)C. The van der Waals surface area contributed by atoms with Crippen LogP contribution in [0.2, 0.25) is 0 Å². The fourth-order valence-electron chi connectivity index (χ4n) is 3.47. The van der Waals surface area contributed by atoms with E-state index in [1.165, 1.54) is 32.1 Å². The predicted molar refractivity (Wildman–Crippen MR) is 104 cm³/mol. The summed E-state index contributed by atoms with van der Waals surface area (Å²) >= 11 is 0. The molecule has 1 saturated heterocycles. The first-order chi connectivity index (χ1) is 12.1. The fraction of sp³-hybridized carbons (Fsp3) is 0.952. The second-order valence-electron chi connectivity index (χ2n) is 9.00. The molecule has 1 heterocycles. The van der Waals surface area contributed by atoms with Gasteiger partial charge < -0.3 is 9.47 Å². The Morgan fingerprint density at radius 3 is 2.35 bits per heavy atom. The van der Waals surface area contributed by atoms with Crippen molar-refractivity contribution in [3.05, 3.63) is 0 Å². The monoisotopic (exact) mass is 373 g/mol. The van der Waals surface area contributed by atoms with Crippen molar-refractivity contribution in [2.24, 2.45) is 0 Å². The van der Waals surface area contributed by atoms with Gasteiger partial charge in [0.15, 0.2) is 0 Å². The molecule has 1 fully saturated rings. The van der Waals surface area contributed by atoms with E-state index >= 15 is 0 Å². The Morgan fingerprint density at radius 1 is 1.19 bits per heavy atom. The fourth-order valence-corrected chi connectivity index (χ4v) is 3.47. The number of rotatable bonds is 10. The second kappa shape index (κ2) is 10.5. The van der Waals surface area contributed by atoms with Gasteiger partial charge >= 0.3 is 6.09 Å². The van der Waals surface area contributed by atoms with Crippen LogP contribution in [0.25, 0.3) is 0 Å². The Bertz CT molecular complexity index is 420. The highest BCUT2D eigenvalue weighted by molar-refractivity contribution is 5.69. The largest absolute Gasteiger partial charge is 0.444 e. The summed E-state index contributed by atoms with van der Waals surface area (Å²) in [5, 5.41) is 0. The molecule has 5 heteroatoms. The zero-order valence-electron chi connectivity index (χ0n) is 17.8. The van der Waals surface area contributed by atoms with Crippen LogP contribution in [0, 0.1) is 0 Å².